The molecule has 2 fully saturated rings. The molecule has 0 saturated heterocycles. The first-order valence-electron chi connectivity index (χ1n) is 27.2. The summed E-state index contributed by atoms with van der Waals surface area (Å²) in [6, 6.07) is 0. The van der Waals surface area contributed by atoms with Gasteiger partial charge >= 0.3 is 0 Å². The second-order valence-electron chi connectivity index (χ2n) is 26.8. The summed E-state index contributed by atoms with van der Waals surface area (Å²) in [5.74, 6) is 5.08. The molecule has 0 bridgehead atoms. The van der Waals surface area contributed by atoms with Gasteiger partial charge in [-0.25, -0.2) is 0 Å². The minimum Gasteiger partial charge on any atom is -0.417 e. The van der Waals surface area contributed by atoms with Gasteiger partial charge in [0.1, 0.15) is 0 Å². The van der Waals surface area contributed by atoms with Gasteiger partial charge in [0, 0.05) is 55.3 Å². The summed E-state index contributed by atoms with van der Waals surface area (Å²) in [5.41, 5.74) is 0. The quantitative estimate of drug-likeness (QED) is 0.0696. The maximum atomic E-state index is 10.1. The highest BCUT2D eigenvalue weighted by Gasteiger charge is 2.44. The average molecular weight is 1060 g/mol. The standard InChI is InChI=1S/2C14H30O2Si.C14H28OSi.C9H16O2.C7H12O2.CH4/c1-10-11(2)13(15)8-12(10)9-16-17(6,7)14(3,4)5;1-10-8-13(15)12(11(10)2)9-16-17(6,7)14(3,4)5;1-11-8-9-13(12(11)2)10-15-16(6,7)14(3,4)5;1-4-7(3)9(11)8(5-2)6-10;1-5-2-3-6(4-8)7(5)9;/h2*10-13,15H,8-9H2,1-7H3;8-9,11-13H,10H2,1-7H3;4-5,7-11H,1-2,6H2,3H3;2-3,5-9H,4H2,1H3;1H4/t10-,11?,12+,13?;10?,11-,12+,13?;11?,12-,13+;7?,8-,9+;5?,6-,7+;/m11100./s1. The van der Waals surface area contributed by atoms with Gasteiger partial charge in [-0.15, -0.1) is 13.2 Å². The molecular formula is C59H120O9Si3. The van der Waals surface area contributed by atoms with Crippen LogP contribution in [0.15, 0.2) is 49.6 Å². The average Bonchev–Trinajstić information content (AvgIpc) is 3.92. The lowest BCUT2D eigenvalue weighted by Crippen LogP contribution is -2.43. The lowest BCUT2D eigenvalue weighted by atomic mass is 9.92. The molecular weight excluding hydrogens is 937 g/mol. The van der Waals surface area contributed by atoms with Crippen LogP contribution in [0, 0.1) is 76.9 Å². The maximum Gasteiger partial charge on any atom is 0.192 e. The number of hydrogen-bond donors (Lipinski definition) is 6. The Bertz CT molecular complexity index is 1550. The zero-order valence-corrected chi connectivity index (χ0v) is 52.6. The highest BCUT2D eigenvalue weighted by Crippen LogP contribution is 2.43. The molecule has 71 heavy (non-hydrogen) atoms. The first kappa shape index (κ1) is 72.3. The molecule has 12 heteroatoms. The van der Waals surface area contributed by atoms with Crippen LogP contribution in [0.4, 0.5) is 0 Å². The van der Waals surface area contributed by atoms with Crippen LogP contribution in [0.2, 0.25) is 54.4 Å². The summed E-state index contributed by atoms with van der Waals surface area (Å²) >= 11 is 0. The molecule has 4 aliphatic rings. The lowest BCUT2D eigenvalue weighted by molar-refractivity contribution is 0.0649. The van der Waals surface area contributed by atoms with Gasteiger partial charge in [0.25, 0.3) is 0 Å². The fourth-order valence-corrected chi connectivity index (χ4v) is 11.5. The molecule has 0 aromatic heterocycles. The summed E-state index contributed by atoms with van der Waals surface area (Å²) in [7, 11) is -4.85. The van der Waals surface area contributed by atoms with E-state index in [0.29, 0.717) is 52.4 Å². The van der Waals surface area contributed by atoms with Crippen molar-refractivity contribution >= 4 is 25.0 Å². The van der Waals surface area contributed by atoms with E-state index in [4.69, 9.17) is 23.5 Å². The first-order chi connectivity index (χ1) is 31.7. The molecule has 0 aromatic rings. The molecule has 0 amide bonds. The van der Waals surface area contributed by atoms with Crippen molar-refractivity contribution < 1.29 is 43.9 Å². The number of rotatable bonds is 15. The van der Waals surface area contributed by atoms with E-state index in [1.54, 1.807) is 12.2 Å². The Labute approximate surface area is 443 Å². The molecule has 0 aromatic carbocycles. The largest absolute Gasteiger partial charge is 0.417 e. The highest BCUT2D eigenvalue weighted by atomic mass is 28.4. The normalized spacial score (nSPS) is 32.1. The molecule has 0 heterocycles. The van der Waals surface area contributed by atoms with Gasteiger partial charge in [0.15, 0.2) is 25.0 Å². The van der Waals surface area contributed by atoms with Crippen LogP contribution in [0.3, 0.4) is 0 Å². The van der Waals surface area contributed by atoms with Gasteiger partial charge in [0.05, 0.1) is 37.6 Å². The predicted molar refractivity (Wildman–Crippen MR) is 313 cm³/mol. The fourth-order valence-electron chi connectivity index (χ4n) is 8.34. The van der Waals surface area contributed by atoms with Crippen molar-refractivity contribution in [2.24, 2.45) is 76.9 Å². The van der Waals surface area contributed by atoms with Crippen molar-refractivity contribution in [1.29, 1.82) is 0 Å². The van der Waals surface area contributed by atoms with Crippen LogP contribution in [0.25, 0.3) is 0 Å². The van der Waals surface area contributed by atoms with Crippen molar-refractivity contribution in [1.82, 2.24) is 0 Å². The third-order valence-corrected chi connectivity index (χ3v) is 32.1. The Morgan fingerprint density at radius 2 is 1.01 bits per heavy atom. The summed E-state index contributed by atoms with van der Waals surface area (Å²) in [6.45, 7) is 61.2. The number of allylic oxidation sites excluding steroid dienone is 1. The maximum absolute atomic E-state index is 10.1. The first-order valence-corrected chi connectivity index (χ1v) is 35.9. The van der Waals surface area contributed by atoms with E-state index in [1.807, 2.05) is 26.0 Å². The Balaban J connectivity index is 0. The van der Waals surface area contributed by atoms with Crippen molar-refractivity contribution in [3.63, 3.8) is 0 Å². The Kier molecular flexibility index (Phi) is 31.4. The molecule has 4 rings (SSSR count). The minimum absolute atomic E-state index is 0. The van der Waals surface area contributed by atoms with Crippen molar-refractivity contribution in [2.75, 3.05) is 33.0 Å². The third kappa shape index (κ3) is 22.4. The van der Waals surface area contributed by atoms with E-state index in [9.17, 15) is 20.4 Å². The van der Waals surface area contributed by atoms with Gasteiger partial charge < -0.3 is 43.9 Å². The van der Waals surface area contributed by atoms with Crippen LogP contribution in [0.1, 0.15) is 138 Å². The molecule has 422 valence electrons. The second kappa shape index (κ2) is 30.9. The summed E-state index contributed by atoms with van der Waals surface area (Å²) in [5, 5.41) is 56.9. The zero-order chi connectivity index (χ0) is 55.1. The molecule has 0 aliphatic heterocycles. The zero-order valence-electron chi connectivity index (χ0n) is 49.6. The van der Waals surface area contributed by atoms with E-state index < -0.39 is 31.1 Å². The number of aliphatic hydroxyl groups excluding tert-OH is 6. The van der Waals surface area contributed by atoms with Crippen molar-refractivity contribution in [3.05, 3.63) is 49.6 Å². The Morgan fingerprint density at radius 1 is 0.577 bits per heavy atom. The molecule has 2 saturated carbocycles. The Hall–Kier alpha value is -0.749. The molecule has 9 nitrogen and oxygen atoms in total. The van der Waals surface area contributed by atoms with E-state index >= 15 is 0 Å². The van der Waals surface area contributed by atoms with Crippen LogP contribution in [0.5, 0.6) is 0 Å². The van der Waals surface area contributed by atoms with Gasteiger partial charge in [0.2, 0.25) is 0 Å². The monoisotopic (exact) mass is 1060 g/mol. The number of aliphatic hydroxyl groups is 6. The van der Waals surface area contributed by atoms with Crippen molar-refractivity contribution in [2.45, 2.75) is 217 Å². The molecule has 6 N–H and O–H groups in total. The van der Waals surface area contributed by atoms with E-state index in [1.165, 1.54) is 0 Å². The van der Waals surface area contributed by atoms with Gasteiger partial charge in [-0.2, -0.15) is 0 Å². The molecule has 0 radical (unpaired) electrons. The summed E-state index contributed by atoms with van der Waals surface area (Å²) in [6.07, 6.45) is 12.3. The van der Waals surface area contributed by atoms with Gasteiger partial charge in [-0.05, 0) is 109 Å². The minimum atomic E-state index is -1.66. The van der Waals surface area contributed by atoms with Gasteiger partial charge in [-0.1, -0.05) is 162 Å². The van der Waals surface area contributed by atoms with Crippen LogP contribution in [-0.4, -0.2) is 113 Å². The van der Waals surface area contributed by atoms with Crippen molar-refractivity contribution in [3.8, 4) is 0 Å². The predicted octanol–water partition coefficient (Wildman–Crippen LogP) is 13.6. The van der Waals surface area contributed by atoms with Crippen LogP contribution < -0.4 is 0 Å². The summed E-state index contributed by atoms with van der Waals surface area (Å²) in [4.78, 5) is 0. The molecule has 7 unspecified atom stereocenters. The SMILES string of the molecule is C.C=CC(C)[C@@H](O)[C@@H](C=C)CO.CC1C(O)C[C@@H](CO[Si](C)(C)C(C)(C)C)[C@@H]1C.CC1C=C[C@@H](CO)[C@@H]1O.CC1C=C[C@@H](CO[Si](C)(C)C(C)(C)C)[C@@H]1C.CC1CC(O)[C@@H](CO[Si](C)(C)C(C)(C)C)[C@@H]1C. The fraction of sp³-hybridized carbons (Fsp3) is 0.864. The lowest BCUT2D eigenvalue weighted by Gasteiger charge is -2.37. The van der Waals surface area contributed by atoms with Crippen LogP contribution in [-0.2, 0) is 13.3 Å². The van der Waals surface area contributed by atoms with Gasteiger partial charge in [-0.3, -0.25) is 0 Å². The summed E-state index contributed by atoms with van der Waals surface area (Å²) < 4.78 is 18.8. The van der Waals surface area contributed by atoms with E-state index in [2.05, 4.69) is 168 Å². The highest BCUT2D eigenvalue weighted by molar-refractivity contribution is 6.74. The topological polar surface area (TPSA) is 149 Å². The second-order valence-corrected chi connectivity index (χ2v) is 41.2. The Morgan fingerprint density at radius 3 is 1.31 bits per heavy atom. The molecule has 4 aliphatic carbocycles. The molecule has 17 atom stereocenters. The van der Waals surface area contributed by atoms with E-state index in [-0.39, 0.29) is 72.7 Å². The number of hydrogen-bond acceptors (Lipinski definition) is 9. The van der Waals surface area contributed by atoms with Crippen LogP contribution >= 0.6 is 0 Å². The smallest absolute Gasteiger partial charge is 0.192 e. The molecule has 0 spiro atoms. The van der Waals surface area contributed by atoms with E-state index in [0.717, 1.165) is 38.6 Å². The third-order valence-electron chi connectivity index (χ3n) is 18.6.